The lowest BCUT2D eigenvalue weighted by Gasteiger charge is -2.17. The number of carbonyl (C=O) groups excluding carboxylic acids is 2. The van der Waals surface area contributed by atoms with Crippen molar-refractivity contribution in [1.29, 1.82) is 0 Å². The third kappa shape index (κ3) is 5.72. The van der Waals surface area contributed by atoms with Crippen LogP contribution in [-0.4, -0.2) is 18.5 Å². The summed E-state index contributed by atoms with van der Waals surface area (Å²) in [7, 11) is 0. The summed E-state index contributed by atoms with van der Waals surface area (Å²) in [4.78, 5) is 23.2. The van der Waals surface area contributed by atoms with Gasteiger partial charge in [0.05, 0.1) is 12.5 Å². The molecule has 6 heteroatoms. The molecule has 2 aromatic carbocycles. The molecule has 4 N–H and O–H groups in total. The molecular formula is C18H20FN3O2. The van der Waals surface area contributed by atoms with Gasteiger partial charge in [0.25, 0.3) is 0 Å². The zero-order valence-electron chi connectivity index (χ0n) is 13.2. The van der Waals surface area contributed by atoms with Gasteiger partial charge in [-0.2, -0.15) is 0 Å². The number of primary amides is 1. The van der Waals surface area contributed by atoms with Gasteiger partial charge in [-0.05, 0) is 29.7 Å². The monoisotopic (exact) mass is 329 g/mol. The van der Waals surface area contributed by atoms with E-state index in [1.54, 1.807) is 12.1 Å². The molecule has 0 aliphatic carbocycles. The van der Waals surface area contributed by atoms with Gasteiger partial charge < -0.3 is 16.4 Å². The van der Waals surface area contributed by atoms with Crippen molar-refractivity contribution < 1.29 is 14.0 Å². The molecule has 0 aliphatic rings. The van der Waals surface area contributed by atoms with Crippen molar-refractivity contribution in [2.75, 3.05) is 6.54 Å². The van der Waals surface area contributed by atoms with Crippen LogP contribution < -0.4 is 16.4 Å². The van der Waals surface area contributed by atoms with Gasteiger partial charge in [0.1, 0.15) is 5.82 Å². The summed E-state index contributed by atoms with van der Waals surface area (Å²) >= 11 is 0. The van der Waals surface area contributed by atoms with Gasteiger partial charge in [-0.3, -0.25) is 4.79 Å². The average Bonchev–Trinajstić information content (AvgIpc) is 2.55. The lowest BCUT2D eigenvalue weighted by atomic mass is 10.0. The summed E-state index contributed by atoms with van der Waals surface area (Å²) in [6, 6.07) is 14.2. The minimum atomic E-state index is -0.684. The number of nitrogens with one attached hydrogen (secondary N) is 2. The van der Waals surface area contributed by atoms with Crippen LogP contribution in [0.3, 0.4) is 0 Å². The van der Waals surface area contributed by atoms with Crippen LogP contribution >= 0.6 is 0 Å². The molecule has 0 saturated heterocycles. The largest absolute Gasteiger partial charge is 0.356 e. The molecule has 3 amide bonds. The quantitative estimate of drug-likeness (QED) is 0.728. The fraction of sp³-hybridized carbons (Fsp3) is 0.222. The number of halogens is 1. The van der Waals surface area contributed by atoms with E-state index in [-0.39, 0.29) is 18.1 Å². The highest BCUT2D eigenvalue weighted by atomic mass is 19.1. The Balaban J connectivity index is 1.87. The van der Waals surface area contributed by atoms with Gasteiger partial charge in [-0.25, -0.2) is 9.18 Å². The van der Waals surface area contributed by atoms with E-state index in [9.17, 15) is 14.0 Å². The highest BCUT2D eigenvalue weighted by Crippen LogP contribution is 2.16. The van der Waals surface area contributed by atoms with Crippen molar-refractivity contribution in [3.05, 3.63) is 71.5 Å². The van der Waals surface area contributed by atoms with E-state index < -0.39 is 12.1 Å². The first-order valence-electron chi connectivity index (χ1n) is 7.66. The molecule has 0 radical (unpaired) electrons. The Morgan fingerprint density at radius 2 is 1.83 bits per heavy atom. The zero-order valence-corrected chi connectivity index (χ0v) is 13.2. The van der Waals surface area contributed by atoms with Crippen LogP contribution in [0.15, 0.2) is 54.6 Å². The fourth-order valence-electron chi connectivity index (χ4n) is 2.41. The number of urea groups is 1. The van der Waals surface area contributed by atoms with Crippen molar-refractivity contribution in [3.8, 4) is 0 Å². The third-order valence-corrected chi connectivity index (χ3v) is 3.53. The Bertz CT molecular complexity index is 692. The maximum atomic E-state index is 13.1. The molecule has 126 valence electrons. The second-order valence-electron chi connectivity index (χ2n) is 5.41. The third-order valence-electron chi connectivity index (χ3n) is 3.53. The van der Waals surface area contributed by atoms with Gasteiger partial charge in [-0.1, -0.05) is 42.5 Å². The molecule has 1 atom stereocenters. The molecular weight excluding hydrogens is 309 g/mol. The van der Waals surface area contributed by atoms with E-state index >= 15 is 0 Å². The van der Waals surface area contributed by atoms with Crippen molar-refractivity contribution in [3.63, 3.8) is 0 Å². The Morgan fingerprint density at radius 3 is 2.50 bits per heavy atom. The predicted molar refractivity (Wildman–Crippen MR) is 89.6 cm³/mol. The van der Waals surface area contributed by atoms with E-state index in [0.29, 0.717) is 13.0 Å². The molecule has 2 rings (SSSR count). The van der Waals surface area contributed by atoms with Gasteiger partial charge in [0.15, 0.2) is 0 Å². The molecule has 0 fully saturated rings. The van der Waals surface area contributed by atoms with Crippen LogP contribution in [0.2, 0.25) is 0 Å². The smallest absolute Gasteiger partial charge is 0.312 e. The van der Waals surface area contributed by atoms with Crippen LogP contribution in [-0.2, 0) is 11.2 Å². The van der Waals surface area contributed by atoms with E-state index in [1.165, 1.54) is 12.1 Å². The summed E-state index contributed by atoms with van der Waals surface area (Å²) in [6.45, 7) is 0.389. The predicted octanol–water partition coefficient (Wildman–Crippen LogP) is 2.28. The molecule has 0 aromatic heterocycles. The van der Waals surface area contributed by atoms with Gasteiger partial charge >= 0.3 is 6.03 Å². The zero-order chi connectivity index (χ0) is 17.4. The second kappa shape index (κ2) is 8.67. The number of hydrogen-bond acceptors (Lipinski definition) is 2. The Morgan fingerprint density at radius 1 is 1.08 bits per heavy atom. The minimum absolute atomic E-state index is 0.0795. The molecule has 5 nitrogen and oxygen atoms in total. The van der Waals surface area contributed by atoms with Crippen molar-refractivity contribution in [2.24, 2.45) is 5.73 Å². The Labute approximate surface area is 140 Å². The summed E-state index contributed by atoms with van der Waals surface area (Å²) in [5.41, 5.74) is 6.79. The number of nitrogens with two attached hydrogens (primary N) is 1. The Hall–Kier alpha value is -2.89. The van der Waals surface area contributed by atoms with Crippen LogP contribution in [0.4, 0.5) is 9.18 Å². The number of hydrogen-bond donors (Lipinski definition) is 3. The van der Waals surface area contributed by atoms with Gasteiger partial charge in [0.2, 0.25) is 5.91 Å². The van der Waals surface area contributed by atoms with E-state index in [2.05, 4.69) is 10.6 Å². The summed E-state index contributed by atoms with van der Waals surface area (Å²) in [5.74, 6) is -0.511. The lowest BCUT2D eigenvalue weighted by Crippen LogP contribution is -2.37. The Kier molecular flexibility index (Phi) is 6.31. The second-order valence-corrected chi connectivity index (χ2v) is 5.41. The standard InChI is InChI=1S/C18H20FN3O2/c19-15-8-4-5-13(11-15)9-10-21-17(23)12-16(22-18(20)24)14-6-2-1-3-7-14/h1-8,11,16H,9-10,12H2,(H,21,23)(H3,20,22,24)/t16-/m0/s1. The summed E-state index contributed by atoms with van der Waals surface area (Å²) in [5, 5.41) is 5.34. The highest BCUT2D eigenvalue weighted by Gasteiger charge is 2.16. The molecule has 0 unspecified atom stereocenters. The SMILES string of the molecule is NC(=O)N[C@@H](CC(=O)NCCc1cccc(F)c1)c1ccccc1. The lowest BCUT2D eigenvalue weighted by molar-refractivity contribution is -0.121. The molecule has 24 heavy (non-hydrogen) atoms. The number of benzene rings is 2. The molecule has 0 saturated carbocycles. The first kappa shape index (κ1) is 17.5. The highest BCUT2D eigenvalue weighted by molar-refractivity contribution is 5.78. The van der Waals surface area contributed by atoms with Crippen LogP contribution in [0.25, 0.3) is 0 Å². The van der Waals surface area contributed by atoms with Gasteiger partial charge in [-0.15, -0.1) is 0 Å². The molecule has 0 bridgehead atoms. The maximum absolute atomic E-state index is 13.1. The van der Waals surface area contributed by atoms with Crippen molar-refractivity contribution in [2.45, 2.75) is 18.9 Å². The number of carbonyl (C=O) groups is 2. The minimum Gasteiger partial charge on any atom is -0.356 e. The number of amides is 3. The van der Waals surface area contributed by atoms with E-state index in [1.807, 2.05) is 30.3 Å². The normalized spacial score (nSPS) is 11.5. The summed E-state index contributed by atoms with van der Waals surface area (Å²) < 4.78 is 13.1. The van der Waals surface area contributed by atoms with E-state index in [0.717, 1.165) is 11.1 Å². The van der Waals surface area contributed by atoms with Crippen molar-refractivity contribution >= 4 is 11.9 Å². The average molecular weight is 329 g/mol. The first-order valence-corrected chi connectivity index (χ1v) is 7.66. The van der Waals surface area contributed by atoms with Crippen LogP contribution in [0, 0.1) is 5.82 Å². The topological polar surface area (TPSA) is 84.2 Å². The molecule has 2 aromatic rings. The maximum Gasteiger partial charge on any atom is 0.312 e. The van der Waals surface area contributed by atoms with Crippen LogP contribution in [0.5, 0.6) is 0 Å². The first-order chi connectivity index (χ1) is 11.5. The van der Waals surface area contributed by atoms with E-state index in [4.69, 9.17) is 5.73 Å². The fourth-order valence-corrected chi connectivity index (χ4v) is 2.41. The molecule has 0 heterocycles. The molecule has 0 aliphatic heterocycles. The van der Waals surface area contributed by atoms with Crippen LogP contribution in [0.1, 0.15) is 23.6 Å². The summed E-state index contributed by atoms with van der Waals surface area (Å²) in [6.07, 6.45) is 0.610. The number of rotatable bonds is 7. The van der Waals surface area contributed by atoms with Gasteiger partial charge in [0, 0.05) is 6.54 Å². The molecule has 0 spiro atoms. The van der Waals surface area contributed by atoms with Crippen molar-refractivity contribution in [1.82, 2.24) is 10.6 Å².